The SMILES string of the molecule is Cc1ccc(N2C(=O)[C@@H]3[C@H]4C=C[C@@H](C5=C(c6ccccc6)C[C@@H]6C(=O)N(c7ccc(C)cc7C)C(=O)[C@H]6[C@H]54)[C@H]3C2=O)c(C)c1. The Morgan fingerprint density at radius 2 is 1.16 bits per heavy atom. The molecular weight excluding hydrogens is 548 g/mol. The van der Waals surface area contributed by atoms with Gasteiger partial charge in [-0.2, -0.15) is 0 Å². The molecule has 2 saturated heterocycles. The molecule has 0 spiro atoms. The van der Waals surface area contributed by atoms with Crippen molar-refractivity contribution < 1.29 is 19.2 Å². The summed E-state index contributed by atoms with van der Waals surface area (Å²) < 4.78 is 0. The van der Waals surface area contributed by atoms with Crippen LogP contribution in [0.1, 0.15) is 34.2 Å². The van der Waals surface area contributed by atoms with E-state index in [4.69, 9.17) is 0 Å². The molecule has 220 valence electrons. The summed E-state index contributed by atoms with van der Waals surface area (Å²) in [7, 11) is 0. The summed E-state index contributed by atoms with van der Waals surface area (Å²) in [6, 6.07) is 21.6. The highest BCUT2D eigenvalue weighted by Gasteiger charge is 2.67. The lowest BCUT2D eigenvalue weighted by Gasteiger charge is -2.51. The topological polar surface area (TPSA) is 74.8 Å². The number of rotatable bonds is 3. The molecule has 4 aliphatic carbocycles. The van der Waals surface area contributed by atoms with Gasteiger partial charge >= 0.3 is 0 Å². The number of hydrogen-bond acceptors (Lipinski definition) is 4. The number of anilines is 2. The molecule has 2 aliphatic heterocycles. The highest BCUT2D eigenvalue weighted by molar-refractivity contribution is 6.25. The minimum atomic E-state index is -0.581. The quantitative estimate of drug-likeness (QED) is 0.276. The fraction of sp³-hybridized carbons (Fsp3) is 0.316. The molecule has 6 nitrogen and oxygen atoms in total. The van der Waals surface area contributed by atoms with Gasteiger partial charge in [0, 0.05) is 11.8 Å². The van der Waals surface area contributed by atoms with Crippen molar-refractivity contribution in [3.8, 4) is 0 Å². The molecule has 3 aromatic carbocycles. The van der Waals surface area contributed by atoms with E-state index in [0.29, 0.717) is 17.8 Å². The summed E-state index contributed by atoms with van der Waals surface area (Å²) in [5, 5.41) is 0. The van der Waals surface area contributed by atoms with Gasteiger partial charge in [0.1, 0.15) is 0 Å². The molecule has 1 saturated carbocycles. The molecule has 9 rings (SSSR count). The van der Waals surface area contributed by atoms with Gasteiger partial charge in [0.2, 0.25) is 23.6 Å². The average molecular weight is 583 g/mol. The Morgan fingerprint density at radius 3 is 1.77 bits per heavy atom. The zero-order chi connectivity index (χ0) is 30.6. The van der Waals surface area contributed by atoms with Crippen molar-refractivity contribution >= 4 is 40.6 Å². The van der Waals surface area contributed by atoms with Crippen LogP contribution in [0.3, 0.4) is 0 Å². The number of carbonyl (C=O) groups excluding carboxylic acids is 4. The lowest BCUT2D eigenvalue weighted by atomic mass is 9.49. The minimum Gasteiger partial charge on any atom is -0.274 e. The van der Waals surface area contributed by atoms with Crippen molar-refractivity contribution in [2.24, 2.45) is 41.4 Å². The van der Waals surface area contributed by atoms with Gasteiger partial charge in [0.15, 0.2) is 0 Å². The summed E-state index contributed by atoms with van der Waals surface area (Å²) in [5.74, 6) is -3.93. The van der Waals surface area contributed by atoms with Crippen molar-refractivity contribution in [3.05, 3.63) is 112 Å². The van der Waals surface area contributed by atoms with Crippen LogP contribution in [0, 0.1) is 69.1 Å². The average Bonchev–Trinajstić information content (AvgIpc) is 3.43. The zero-order valence-electron chi connectivity index (χ0n) is 25.3. The third-order valence-corrected chi connectivity index (χ3v) is 10.8. The first kappa shape index (κ1) is 27.0. The number of imide groups is 2. The standard InChI is InChI=1S/C38H34N2O4/c1-19-10-14-28(21(3)16-19)39-35(41)27-18-26(23-8-6-5-7-9-23)30-24-12-13-25(31(30)34(27)38(39)44)33-32(24)36(42)40(37(33)43)29-15-11-20(2)17-22(29)4/h5-17,24-25,27,31-34H,18H2,1-4H3/t24-,25-,27-,31-,32+,33+,34+/m0/s1. The van der Waals surface area contributed by atoms with E-state index in [1.807, 2.05) is 82.3 Å². The van der Waals surface area contributed by atoms with Crippen LogP contribution in [0.5, 0.6) is 0 Å². The van der Waals surface area contributed by atoms with Crippen molar-refractivity contribution in [2.75, 3.05) is 9.80 Å². The van der Waals surface area contributed by atoms with Crippen molar-refractivity contribution in [2.45, 2.75) is 34.1 Å². The molecule has 6 aliphatic rings. The third kappa shape index (κ3) is 3.54. The molecular formula is C38H34N2O4. The molecule has 3 fully saturated rings. The Hall–Kier alpha value is -4.58. The van der Waals surface area contributed by atoms with Gasteiger partial charge in [0.05, 0.1) is 35.0 Å². The number of nitrogens with zero attached hydrogens (tertiary/aromatic N) is 2. The molecule has 0 N–H and O–H groups in total. The molecule has 4 amide bonds. The van der Waals surface area contributed by atoms with Gasteiger partial charge < -0.3 is 0 Å². The Morgan fingerprint density at radius 1 is 0.591 bits per heavy atom. The zero-order valence-corrected chi connectivity index (χ0v) is 25.3. The molecule has 0 radical (unpaired) electrons. The van der Waals surface area contributed by atoms with Crippen molar-refractivity contribution in [1.82, 2.24) is 0 Å². The number of hydrogen-bond donors (Lipinski definition) is 0. The van der Waals surface area contributed by atoms with Crippen LogP contribution in [-0.2, 0) is 19.2 Å². The first-order valence-electron chi connectivity index (χ1n) is 15.5. The maximum atomic E-state index is 14.5. The highest BCUT2D eigenvalue weighted by Crippen LogP contribution is 2.63. The largest absolute Gasteiger partial charge is 0.274 e. The molecule has 2 heterocycles. The van der Waals surface area contributed by atoms with E-state index >= 15 is 0 Å². The van der Waals surface area contributed by atoms with Gasteiger partial charge in [-0.3, -0.25) is 19.2 Å². The molecule has 0 aromatic heterocycles. The summed E-state index contributed by atoms with van der Waals surface area (Å²) in [6.07, 6.45) is 4.60. The molecule has 3 aromatic rings. The van der Waals surface area contributed by atoms with Gasteiger partial charge in [-0.1, -0.05) is 83.4 Å². The van der Waals surface area contributed by atoms with E-state index < -0.39 is 23.7 Å². The van der Waals surface area contributed by atoms with Crippen LogP contribution >= 0.6 is 0 Å². The van der Waals surface area contributed by atoms with Gasteiger partial charge in [-0.05, 0) is 74.4 Å². The predicted octanol–water partition coefficient (Wildman–Crippen LogP) is 6.12. The first-order chi connectivity index (χ1) is 21.2. The fourth-order valence-corrected chi connectivity index (χ4v) is 9.10. The van der Waals surface area contributed by atoms with Gasteiger partial charge in [-0.15, -0.1) is 0 Å². The highest BCUT2D eigenvalue weighted by atomic mass is 16.2. The molecule has 44 heavy (non-hydrogen) atoms. The summed E-state index contributed by atoms with van der Waals surface area (Å²) in [6.45, 7) is 7.86. The molecule has 6 heteroatoms. The number of aryl methyl sites for hydroxylation is 4. The van der Waals surface area contributed by atoms with Crippen LogP contribution in [0.2, 0.25) is 0 Å². The van der Waals surface area contributed by atoms with Crippen LogP contribution in [0.15, 0.2) is 84.5 Å². The number of amides is 4. The van der Waals surface area contributed by atoms with E-state index in [0.717, 1.165) is 39.0 Å². The Labute approximate surface area is 257 Å². The Balaban J connectivity index is 1.29. The summed E-state index contributed by atoms with van der Waals surface area (Å²) >= 11 is 0. The maximum absolute atomic E-state index is 14.5. The monoisotopic (exact) mass is 582 g/mol. The second kappa shape index (κ2) is 9.46. The van der Waals surface area contributed by atoms with Crippen LogP contribution in [0.25, 0.3) is 5.57 Å². The van der Waals surface area contributed by atoms with E-state index in [9.17, 15) is 19.2 Å². The fourth-order valence-electron chi connectivity index (χ4n) is 9.10. The third-order valence-electron chi connectivity index (χ3n) is 10.8. The normalized spacial score (nSPS) is 30.3. The minimum absolute atomic E-state index is 0.169. The van der Waals surface area contributed by atoms with E-state index in [-0.39, 0.29) is 41.4 Å². The van der Waals surface area contributed by atoms with Gasteiger partial charge in [0.25, 0.3) is 0 Å². The smallest absolute Gasteiger partial charge is 0.238 e. The molecule has 7 atom stereocenters. The first-order valence-corrected chi connectivity index (χ1v) is 15.5. The van der Waals surface area contributed by atoms with E-state index in [1.54, 1.807) is 0 Å². The number of allylic oxidation sites excluding steroid dienone is 4. The van der Waals surface area contributed by atoms with Crippen molar-refractivity contribution in [1.29, 1.82) is 0 Å². The van der Waals surface area contributed by atoms with Crippen LogP contribution in [-0.4, -0.2) is 23.6 Å². The Kier molecular flexibility index (Phi) is 5.80. The van der Waals surface area contributed by atoms with Gasteiger partial charge in [-0.25, -0.2) is 9.80 Å². The van der Waals surface area contributed by atoms with Crippen molar-refractivity contribution in [3.63, 3.8) is 0 Å². The lowest BCUT2D eigenvalue weighted by Crippen LogP contribution is -2.51. The van der Waals surface area contributed by atoms with E-state index in [1.165, 1.54) is 9.80 Å². The van der Waals surface area contributed by atoms with Crippen LogP contribution in [0.4, 0.5) is 11.4 Å². The number of carbonyl (C=O) groups is 4. The second-order valence-corrected chi connectivity index (χ2v) is 13.3. The van der Waals surface area contributed by atoms with E-state index in [2.05, 4.69) is 24.3 Å². The summed E-state index contributed by atoms with van der Waals surface area (Å²) in [5.41, 5.74) is 8.28. The summed E-state index contributed by atoms with van der Waals surface area (Å²) in [4.78, 5) is 60.0. The predicted molar refractivity (Wildman–Crippen MR) is 168 cm³/mol. The number of fused-ring (bicyclic) bond motifs is 1. The number of benzene rings is 3. The second-order valence-electron chi connectivity index (χ2n) is 13.3. The molecule has 0 unspecified atom stereocenters. The maximum Gasteiger partial charge on any atom is 0.238 e. The Bertz CT molecular complexity index is 1870. The molecule has 2 bridgehead atoms. The van der Waals surface area contributed by atoms with Crippen LogP contribution < -0.4 is 9.80 Å². The lowest BCUT2D eigenvalue weighted by molar-refractivity contribution is -0.129.